The normalized spacial score (nSPS) is 14.7. The standard InChI is InChI=1S/C40H55N3O4/c1-5-18-43(19-6-2)40(46)35-21-29(3)20-34(26-35)39(45)42-37(38(44)28-41-27-33-16-11-17-36(24-33)47-4)25-32-15-10-14-31(23-32)22-30-12-8-7-9-13-30/h10-11,14-17,20-21,23-24,26,30,37-38,41,44H,5-9,12-13,18-19,22,25,27-28H2,1-4H3,(H,42,45)/t37?,38-/m1/s1. The van der Waals surface area contributed by atoms with Crippen LogP contribution in [0.5, 0.6) is 5.75 Å². The van der Waals surface area contributed by atoms with Crippen LogP contribution in [0.4, 0.5) is 0 Å². The number of rotatable bonds is 17. The van der Waals surface area contributed by atoms with Crippen molar-refractivity contribution < 1.29 is 19.4 Å². The Kier molecular flexibility index (Phi) is 14.3. The van der Waals surface area contributed by atoms with Gasteiger partial charge in [-0.3, -0.25) is 9.59 Å². The summed E-state index contributed by atoms with van der Waals surface area (Å²) in [5.41, 5.74) is 5.24. The SMILES string of the molecule is CCCN(CCC)C(=O)c1cc(C)cc(C(=O)NC(Cc2cccc(CC3CCCCC3)c2)[C@H](O)CNCc2cccc(OC)c2)c1. The van der Waals surface area contributed by atoms with E-state index >= 15 is 0 Å². The first-order chi connectivity index (χ1) is 22.8. The number of aliphatic hydroxyl groups excluding tert-OH is 1. The third-order valence-electron chi connectivity index (χ3n) is 9.15. The second-order valence-electron chi connectivity index (χ2n) is 13.2. The van der Waals surface area contributed by atoms with Gasteiger partial charge in [-0.2, -0.15) is 0 Å². The van der Waals surface area contributed by atoms with E-state index in [-0.39, 0.29) is 11.8 Å². The Hall–Kier alpha value is -3.68. The number of methoxy groups -OCH3 is 1. The molecule has 2 amide bonds. The van der Waals surface area contributed by atoms with Gasteiger partial charge < -0.3 is 25.4 Å². The minimum atomic E-state index is -0.845. The first kappa shape index (κ1) is 36.2. The first-order valence-electron chi connectivity index (χ1n) is 17.6. The molecule has 0 aromatic heterocycles. The third kappa shape index (κ3) is 11.2. The molecule has 7 heteroatoms. The van der Waals surface area contributed by atoms with Gasteiger partial charge >= 0.3 is 0 Å². The van der Waals surface area contributed by atoms with Crippen LogP contribution in [0.1, 0.15) is 102 Å². The van der Waals surface area contributed by atoms with Crippen LogP contribution >= 0.6 is 0 Å². The van der Waals surface area contributed by atoms with Crippen molar-refractivity contribution in [1.82, 2.24) is 15.5 Å². The lowest BCUT2D eigenvalue weighted by Gasteiger charge is -2.26. The molecule has 2 atom stereocenters. The lowest BCUT2D eigenvalue weighted by molar-refractivity contribution is 0.0755. The fourth-order valence-corrected chi connectivity index (χ4v) is 6.76. The highest BCUT2D eigenvalue weighted by Crippen LogP contribution is 2.27. The second-order valence-corrected chi connectivity index (χ2v) is 13.2. The summed E-state index contributed by atoms with van der Waals surface area (Å²) >= 11 is 0. The molecule has 0 aliphatic heterocycles. The molecule has 0 radical (unpaired) electrons. The Bertz CT molecular complexity index is 1430. The minimum absolute atomic E-state index is 0.0560. The van der Waals surface area contributed by atoms with Crippen molar-refractivity contribution in [3.63, 3.8) is 0 Å². The van der Waals surface area contributed by atoms with Gasteiger partial charge in [-0.25, -0.2) is 0 Å². The number of hydrogen-bond donors (Lipinski definition) is 3. The van der Waals surface area contributed by atoms with Crippen LogP contribution in [0.3, 0.4) is 0 Å². The van der Waals surface area contributed by atoms with Crippen LogP contribution in [0.2, 0.25) is 0 Å². The Morgan fingerprint density at radius 2 is 1.57 bits per heavy atom. The van der Waals surface area contributed by atoms with Crippen molar-refractivity contribution in [2.75, 3.05) is 26.7 Å². The lowest BCUT2D eigenvalue weighted by atomic mass is 9.84. The van der Waals surface area contributed by atoms with E-state index in [1.165, 1.54) is 37.7 Å². The number of amides is 2. The van der Waals surface area contributed by atoms with Crippen molar-refractivity contribution in [1.29, 1.82) is 0 Å². The van der Waals surface area contributed by atoms with Crippen LogP contribution in [-0.2, 0) is 19.4 Å². The van der Waals surface area contributed by atoms with Crippen LogP contribution in [0.25, 0.3) is 0 Å². The summed E-state index contributed by atoms with van der Waals surface area (Å²) in [5.74, 6) is 1.16. The molecule has 0 saturated heterocycles. The fourth-order valence-electron chi connectivity index (χ4n) is 6.76. The molecule has 7 nitrogen and oxygen atoms in total. The Morgan fingerprint density at radius 3 is 2.30 bits per heavy atom. The zero-order valence-electron chi connectivity index (χ0n) is 28.9. The van der Waals surface area contributed by atoms with E-state index in [1.807, 2.05) is 48.2 Å². The summed E-state index contributed by atoms with van der Waals surface area (Å²) in [4.78, 5) is 29.1. The van der Waals surface area contributed by atoms with Crippen molar-refractivity contribution in [2.24, 2.45) is 5.92 Å². The van der Waals surface area contributed by atoms with E-state index < -0.39 is 12.1 Å². The second kappa shape index (κ2) is 18.6. The summed E-state index contributed by atoms with van der Waals surface area (Å²) in [6.07, 6.45) is 9.01. The Morgan fingerprint density at radius 1 is 0.894 bits per heavy atom. The highest BCUT2D eigenvalue weighted by atomic mass is 16.5. The number of nitrogens with zero attached hydrogens (tertiary/aromatic N) is 1. The molecule has 1 aliphatic rings. The van der Waals surface area contributed by atoms with Gasteiger partial charge in [0.2, 0.25) is 0 Å². The van der Waals surface area contributed by atoms with E-state index in [1.54, 1.807) is 13.2 Å². The summed E-state index contributed by atoms with van der Waals surface area (Å²) < 4.78 is 5.35. The van der Waals surface area contributed by atoms with Crippen LogP contribution < -0.4 is 15.4 Å². The topological polar surface area (TPSA) is 90.9 Å². The summed E-state index contributed by atoms with van der Waals surface area (Å²) in [7, 11) is 1.65. The summed E-state index contributed by atoms with van der Waals surface area (Å²) in [6.45, 7) is 8.25. The molecular weight excluding hydrogens is 586 g/mol. The van der Waals surface area contributed by atoms with Crippen LogP contribution in [0, 0.1) is 12.8 Å². The Balaban J connectivity index is 1.51. The van der Waals surface area contributed by atoms with Gasteiger partial charge in [0.05, 0.1) is 19.3 Å². The highest BCUT2D eigenvalue weighted by molar-refractivity contribution is 6.00. The summed E-state index contributed by atoms with van der Waals surface area (Å²) in [5, 5.41) is 18.0. The van der Waals surface area contributed by atoms with Crippen molar-refractivity contribution in [3.05, 3.63) is 100 Å². The maximum absolute atomic E-state index is 13.8. The average molecular weight is 642 g/mol. The zero-order valence-corrected chi connectivity index (χ0v) is 28.9. The number of carbonyl (C=O) groups is 2. The van der Waals surface area contributed by atoms with Gasteiger partial charge in [-0.05, 0) is 91.1 Å². The molecule has 47 heavy (non-hydrogen) atoms. The van der Waals surface area contributed by atoms with Crippen molar-refractivity contribution in [2.45, 2.75) is 97.2 Å². The van der Waals surface area contributed by atoms with Gasteiger partial charge in [-0.15, -0.1) is 0 Å². The molecule has 3 aromatic carbocycles. The number of nitrogens with one attached hydrogen (secondary N) is 2. The first-order valence-corrected chi connectivity index (χ1v) is 17.6. The number of ether oxygens (including phenoxy) is 1. The zero-order chi connectivity index (χ0) is 33.6. The van der Waals surface area contributed by atoms with Gasteiger partial charge in [0.25, 0.3) is 11.8 Å². The number of aryl methyl sites for hydroxylation is 1. The molecule has 1 aliphatic carbocycles. The number of carbonyl (C=O) groups excluding carboxylic acids is 2. The van der Waals surface area contributed by atoms with Gasteiger partial charge in [-0.1, -0.05) is 82.3 Å². The van der Waals surface area contributed by atoms with Crippen LogP contribution in [-0.4, -0.2) is 60.7 Å². The number of hydrogen-bond acceptors (Lipinski definition) is 5. The minimum Gasteiger partial charge on any atom is -0.497 e. The number of benzene rings is 3. The van der Waals surface area contributed by atoms with E-state index in [9.17, 15) is 14.7 Å². The maximum atomic E-state index is 13.8. The molecule has 3 aromatic rings. The maximum Gasteiger partial charge on any atom is 0.253 e. The fraction of sp³-hybridized carbons (Fsp3) is 0.500. The highest BCUT2D eigenvalue weighted by Gasteiger charge is 2.24. The van der Waals surface area contributed by atoms with Crippen molar-refractivity contribution >= 4 is 11.8 Å². The average Bonchev–Trinajstić information content (AvgIpc) is 3.08. The molecule has 0 spiro atoms. The lowest BCUT2D eigenvalue weighted by Crippen LogP contribution is -2.48. The van der Waals surface area contributed by atoms with Gasteiger partial charge in [0, 0.05) is 37.3 Å². The molecule has 1 unspecified atom stereocenters. The smallest absolute Gasteiger partial charge is 0.253 e. The monoisotopic (exact) mass is 641 g/mol. The molecular formula is C40H55N3O4. The molecule has 3 N–H and O–H groups in total. The van der Waals surface area contributed by atoms with E-state index in [0.29, 0.717) is 43.7 Å². The number of aliphatic hydroxyl groups is 1. The van der Waals surface area contributed by atoms with E-state index in [0.717, 1.165) is 47.6 Å². The quantitative estimate of drug-likeness (QED) is 0.150. The molecule has 0 bridgehead atoms. The molecule has 254 valence electrons. The van der Waals surface area contributed by atoms with E-state index in [4.69, 9.17) is 4.74 Å². The molecule has 4 rings (SSSR count). The summed E-state index contributed by atoms with van der Waals surface area (Å²) in [6, 6.07) is 21.3. The Labute approximate surface area is 282 Å². The largest absolute Gasteiger partial charge is 0.497 e. The third-order valence-corrected chi connectivity index (χ3v) is 9.15. The van der Waals surface area contributed by atoms with Gasteiger partial charge in [0.15, 0.2) is 0 Å². The van der Waals surface area contributed by atoms with E-state index in [2.05, 4.69) is 48.7 Å². The predicted octanol–water partition coefficient (Wildman–Crippen LogP) is 6.88. The van der Waals surface area contributed by atoms with Crippen LogP contribution in [0.15, 0.2) is 66.7 Å². The molecule has 0 heterocycles. The molecule has 1 saturated carbocycles. The van der Waals surface area contributed by atoms with Crippen molar-refractivity contribution in [3.8, 4) is 5.75 Å². The molecule has 1 fully saturated rings. The predicted molar refractivity (Wildman–Crippen MR) is 190 cm³/mol. The van der Waals surface area contributed by atoms with Gasteiger partial charge in [0.1, 0.15) is 5.75 Å².